The number of amides is 1. The van der Waals surface area contributed by atoms with Gasteiger partial charge in [0, 0.05) is 29.9 Å². The van der Waals surface area contributed by atoms with Gasteiger partial charge in [0.25, 0.3) is 5.56 Å². The molecule has 9 nitrogen and oxygen atoms in total. The van der Waals surface area contributed by atoms with Crippen molar-refractivity contribution < 1.29 is 14.3 Å². The van der Waals surface area contributed by atoms with E-state index in [4.69, 9.17) is 9.47 Å². The number of benzene rings is 1. The first kappa shape index (κ1) is 20.3. The maximum Gasteiger partial charge on any atom is 0.332 e. The number of nitrogens with one attached hydrogen (secondary N) is 1. The van der Waals surface area contributed by atoms with Crippen LogP contribution < -0.4 is 26.0 Å². The Kier molecular flexibility index (Phi) is 5.14. The summed E-state index contributed by atoms with van der Waals surface area (Å²) < 4.78 is 14.0. The van der Waals surface area contributed by atoms with Crippen LogP contribution in [0.1, 0.15) is 13.3 Å². The van der Waals surface area contributed by atoms with E-state index < -0.39 is 11.6 Å². The van der Waals surface area contributed by atoms with E-state index in [1.807, 2.05) is 6.92 Å². The van der Waals surface area contributed by atoms with Crippen LogP contribution in [-0.4, -0.2) is 33.2 Å². The van der Waals surface area contributed by atoms with Crippen molar-refractivity contribution in [3.8, 4) is 11.5 Å². The van der Waals surface area contributed by atoms with Gasteiger partial charge >= 0.3 is 5.69 Å². The first-order valence-corrected chi connectivity index (χ1v) is 11.1. The van der Waals surface area contributed by atoms with Gasteiger partial charge in [-0.1, -0.05) is 6.92 Å². The molecule has 0 saturated carbocycles. The molecule has 3 aromatic heterocycles. The van der Waals surface area contributed by atoms with Crippen LogP contribution in [0.5, 0.6) is 11.5 Å². The van der Waals surface area contributed by atoms with Crippen molar-refractivity contribution in [2.24, 2.45) is 0 Å². The Morgan fingerprint density at radius 2 is 1.97 bits per heavy atom. The van der Waals surface area contributed by atoms with Crippen LogP contribution in [0.2, 0.25) is 0 Å². The molecule has 0 fully saturated rings. The molecular weight excluding hydrogens is 432 g/mol. The van der Waals surface area contributed by atoms with Crippen molar-refractivity contribution in [2.75, 3.05) is 18.5 Å². The Hall–Kier alpha value is -3.66. The molecule has 164 valence electrons. The third-order valence-electron chi connectivity index (χ3n) is 5.19. The van der Waals surface area contributed by atoms with Crippen LogP contribution in [0.3, 0.4) is 0 Å². The van der Waals surface area contributed by atoms with Gasteiger partial charge in [0.2, 0.25) is 5.91 Å². The zero-order valence-corrected chi connectivity index (χ0v) is 18.1. The molecule has 0 unspecified atom stereocenters. The minimum Gasteiger partial charge on any atom is -0.486 e. The topological polar surface area (TPSA) is 104 Å². The Morgan fingerprint density at radius 1 is 1.16 bits per heavy atom. The molecule has 1 amide bonds. The molecule has 1 aliphatic heterocycles. The monoisotopic (exact) mass is 452 g/mol. The zero-order chi connectivity index (χ0) is 22.2. The van der Waals surface area contributed by atoms with Crippen molar-refractivity contribution in [3.63, 3.8) is 0 Å². The molecule has 4 aromatic rings. The van der Waals surface area contributed by atoms with Gasteiger partial charge in [-0.3, -0.25) is 18.7 Å². The average molecular weight is 452 g/mol. The van der Waals surface area contributed by atoms with Crippen LogP contribution in [0.25, 0.3) is 20.4 Å². The minimum atomic E-state index is -0.509. The lowest BCUT2D eigenvalue weighted by Crippen LogP contribution is -2.41. The lowest BCUT2D eigenvalue weighted by atomic mass is 10.2. The van der Waals surface area contributed by atoms with Gasteiger partial charge in [-0.05, 0) is 30.7 Å². The largest absolute Gasteiger partial charge is 0.486 e. The molecular formula is C22H20N4O5S. The smallest absolute Gasteiger partial charge is 0.332 e. The summed E-state index contributed by atoms with van der Waals surface area (Å²) in [6.07, 6.45) is 2.26. The molecule has 1 aromatic carbocycles. The molecule has 0 radical (unpaired) electrons. The van der Waals surface area contributed by atoms with E-state index in [9.17, 15) is 14.4 Å². The van der Waals surface area contributed by atoms with Gasteiger partial charge in [-0.2, -0.15) is 0 Å². The van der Waals surface area contributed by atoms with E-state index in [1.165, 1.54) is 20.5 Å². The fraction of sp³-hybridized carbons (Fsp3) is 0.273. The first-order chi connectivity index (χ1) is 15.6. The maximum atomic E-state index is 13.2. The fourth-order valence-electron chi connectivity index (χ4n) is 3.82. The predicted octanol–water partition coefficient (Wildman–Crippen LogP) is 2.59. The number of pyridine rings is 1. The number of aromatic nitrogens is 3. The maximum absolute atomic E-state index is 13.2. The van der Waals surface area contributed by atoms with Crippen LogP contribution >= 0.6 is 11.3 Å². The lowest BCUT2D eigenvalue weighted by Gasteiger charge is -2.19. The molecule has 0 spiro atoms. The van der Waals surface area contributed by atoms with E-state index in [2.05, 4.69) is 10.3 Å². The second-order valence-corrected chi connectivity index (χ2v) is 8.37. The highest BCUT2D eigenvalue weighted by atomic mass is 32.1. The van der Waals surface area contributed by atoms with Crippen LogP contribution in [0.4, 0.5) is 5.69 Å². The number of hydrogen-bond acceptors (Lipinski definition) is 7. The van der Waals surface area contributed by atoms with E-state index >= 15 is 0 Å². The highest BCUT2D eigenvalue weighted by Crippen LogP contribution is 2.33. The van der Waals surface area contributed by atoms with Crippen LogP contribution in [-0.2, 0) is 17.9 Å². The number of nitrogens with zero attached hydrogens (tertiary/aromatic N) is 3. The summed E-state index contributed by atoms with van der Waals surface area (Å²) in [6.45, 7) is 2.85. The van der Waals surface area contributed by atoms with E-state index in [0.29, 0.717) is 57.3 Å². The first-order valence-electron chi connectivity index (χ1n) is 10.3. The quantitative estimate of drug-likeness (QED) is 0.499. The number of carbonyl (C=O) groups is 1. The third-order valence-corrected chi connectivity index (χ3v) is 6.28. The Balaban J connectivity index is 1.56. The molecule has 0 aliphatic carbocycles. The second kappa shape index (κ2) is 8.12. The standard InChI is InChI=1S/C22H20N4O5S/c1-2-8-25-21(28)19-18(14-4-3-7-23-20(14)32-19)26(22(25)29)12-17(27)24-13-5-6-15-16(11-13)31-10-9-30-15/h3-7,11H,2,8-10,12H2,1H3,(H,24,27). The normalized spacial score (nSPS) is 12.9. The number of hydrogen-bond donors (Lipinski definition) is 1. The molecule has 1 aliphatic rings. The molecule has 5 rings (SSSR count). The highest BCUT2D eigenvalue weighted by molar-refractivity contribution is 7.25. The van der Waals surface area contributed by atoms with E-state index in [-0.39, 0.29) is 18.6 Å². The van der Waals surface area contributed by atoms with Crippen molar-refractivity contribution in [2.45, 2.75) is 26.4 Å². The Labute approximate surface area is 185 Å². The summed E-state index contributed by atoms with van der Waals surface area (Å²) in [6, 6.07) is 8.68. The summed E-state index contributed by atoms with van der Waals surface area (Å²) >= 11 is 1.23. The Morgan fingerprint density at radius 3 is 2.78 bits per heavy atom. The number of carbonyl (C=O) groups excluding carboxylic acids is 1. The summed E-state index contributed by atoms with van der Waals surface area (Å²) in [7, 11) is 0. The van der Waals surface area contributed by atoms with Gasteiger partial charge < -0.3 is 14.8 Å². The van der Waals surface area contributed by atoms with Crippen molar-refractivity contribution in [1.29, 1.82) is 0 Å². The summed E-state index contributed by atoms with van der Waals surface area (Å²) in [4.78, 5) is 44.1. The molecule has 0 atom stereocenters. The van der Waals surface area contributed by atoms with Gasteiger partial charge in [-0.25, -0.2) is 9.78 Å². The van der Waals surface area contributed by atoms with Gasteiger partial charge in [-0.15, -0.1) is 11.3 Å². The van der Waals surface area contributed by atoms with E-state index in [1.54, 1.807) is 36.5 Å². The number of ether oxygens (including phenoxy) is 2. The fourth-order valence-corrected chi connectivity index (χ4v) is 4.91. The third kappa shape index (κ3) is 3.42. The van der Waals surface area contributed by atoms with Gasteiger partial charge in [0.1, 0.15) is 29.3 Å². The molecule has 0 bridgehead atoms. The summed E-state index contributed by atoms with van der Waals surface area (Å²) in [5.41, 5.74) is 0.114. The number of rotatable bonds is 5. The van der Waals surface area contributed by atoms with Gasteiger partial charge in [0.05, 0.1) is 5.52 Å². The minimum absolute atomic E-state index is 0.242. The molecule has 32 heavy (non-hydrogen) atoms. The second-order valence-electron chi connectivity index (χ2n) is 7.37. The number of thiophene rings is 1. The van der Waals surface area contributed by atoms with Crippen molar-refractivity contribution >= 4 is 43.4 Å². The van der Waals surface area contributed by atoms with E-state index in [0.717, 1.165) is 0 Å². The number of fused-ring (bicyclic) bond motifs is 4. The lowest BCUT2D eigenvalue weighted by molar-refractivity contribution is -0.116. The summed E-state index contributed by atoms with van der Waals surface area (Å²) in [5, 5.41) is 3.48. The van der Waals surface area contributed by atoms with Gasteiger partial charge in [0.15, 0.2) is 11.5 Å². The van der Waals surface area contributed by atoms with Crippen molar-refractivity contribution in [1.82, 2.24) is 14.1 Å². The SMILES string of the molecule is CCCn1c(=O)c2sc3ncccc3c2n(CC(=O)Nc2ccc3c(c2)OCCO3)c1=O. The average Bonchev–Trinajstić information content (AvgIpc) is 3.19. The molecule has 0 saturated heterocycles. The zero-order valence-electron chi connectivity index (χ0n) is 17.3. The molecule has 1 N–H and O–H groups in total. The Bertz CT molecular complexity index is 1470. The van der Waals surface area contributed by atoms with Crippen molar-refractivity contribution in [3.05, 3.63) is 57.4 Å². The van der Waals surface area contributed by atoms with Crippen LogP contribution in [0, 0.1) is 0 Å². The molecule has 10 heteroatoms. The number of anilines is 1. The van der Waals surface area contributed by atoms with Crippen LogP contribution in [0.15, 0.2) is 46.1 Å². The highest BCUT2D eigenvalue weighted by Gasteiger charge is 2.20. The molecule has 4 heterocycles. The predicted molar refractivity (Wildman–Crippen MR) is 122 cm³/mol. The summed E-state index contributed by atoms with van der Waals surface area (Å²) in [5.74, 6) is 0.783.